The van der Waals surface area contributed by atoms with Crippen LogP contribution in [0.25, 0.3) is 11.0 Å². The molecule has 0 unspecified atom stereocenters. The number of aliphatic hydroxyl groups excluding tert-OH is 1. The summed E-state index contributed by atoms with van der Waals surface area (Å²) in [6.07, 6.45) is -0.666. The van der Waals surface area contributed by atoms with E-state index in [2.05, 4.69) is 10.3 Å². The number of aliphatic hydroxyl groups is 1. The fourth-order valence-corrected chi connectivity index (χ4v) is 3.91. The quantitative estimate of drug-likeness (QED) is 0.369. The number of aryl methyl sites for hydroxylation is 2. The van der Waals surface area contributed by atoms with Crippen molar-refractivity contribution in [1.82, 2.24) is 14.9 Å². The van der Waals surface area contributed by atoms with Crippen LogP contribution in [0.1, 0.15) is 22.5 Å². The highest BCUT2D eigenvalue weighted by Gasteiger charge is 2.17. The lowest BCUT2D eigenvalue weighted by Gasteiger charge is -2.17. The number of fused-ring (bicyclic) bond motifs is 1. The molecule has 1 atom stereocenters. The summed E-state index contributed by atoms with van der Waals surface area (Å²) in [6, 6.07) is 21.0. The fourth-order valence-electron chi connectivity index (χ4n) is 3.79. The SMILES string of the molecule is Cc1ccc(C)c(OC[C@@H](O)Cn2c(CC(=O)NCc3ccc(Cl)cc3)nc3ccccc32)c1. The van der Waals surface area contributed by atoms with Gasteiger partial charge in [0.05, 0.1) is 24.0 Å². The van der Waals surface area contributed by atoms with Crippen LogP contribution in [0.15, 0.2) is 66.7 Å². The van der Waals surface area contributed by atoms with Crippen molar-refractivity contribution in [2.75, 3.05) is 6.61 Å². The summed E-state index contributed by atoms with van der Waals surface area (Å²) in [4.78, 5) is 17.3. The first kappa shape index (κ1) is 23.8. The first-order chi connectivity index (χ1) is 16.4. The number of imidazole rings is 1. The molecule has 2 N–H and O–H groups in total. The van der Waals surface area contributed by atoms with Crippen molar-refractivity contribution < 1.29 is 14.6 Å². The number of nitrogens with one attached hydrogen (secondary N) is 1. The number of nitrogens with zero attached hydrogens (tertiary/aromatic N) is 2. The highest BCUT2D eigenvalue weighted by Crippen LogP contribution is 2.21. The Balaban J connectivity index is 1.44. The molecule has 1 heterocycles. The highest BCUT2D eigenvalue weighted by atomic mass is 35.5. The summed E-state index contributed by atoms with van der Waals surface area (Å²) < 4.78 is 7.78. The van der Waals surface area contributed by atoms with Crippen molar-refractivity contribution in [3.63, 3.8) is 0 Å². The van der Waals surface area contributed by atoms with Crippen LogP contribution in [0.3, 0.4) is 0 Å². The molecule has 1 aromatic heterocycles. The van der Waals surface area contributed by atoms with Gasteiger partial charge in [-0.2, -0.15) is 0 Å². The monoisotopic (exact) mass is 477 g/mol. The van der Waals surface area contributed by atoms with Gasteiger partial charge < -0.3 is 19.7 Å². The maximum absolute atomic E-state index is 12.7. The molecule has 34 heavy (non-hydrogen) atoms. The number of carbonyl (C=O) groups excluding carboxylic acids is 1. The molecule has 0 spiro atoms. The predicted octanol–water partition coefficient (Wildman–Crippen LogP) is 4.61. The zero-order valence-electron chi connectivity index (χ0n) is 19.3. The van der Waals surface area contributed by atoms with E-state index in [1.807, 2.05) is 73.0 Å². The lowest BCUT2D eigenvalue weighted by atomic mass is 10.1. The molecule has 4 aromatic rings. The van der Waals surface area contributed by atoms with Gasteiger partial charge in [0.15, 0.2) is 0 Å². The number of ether oxygens (including phenoxy) is 1. The molecule has 0 aliphatic heterocycles. The lowest BCUT2D eigenvalue weighted by molar-refractivity contribution is -0.120. The third kappa shape index (κ3) is 5.95. The number of halogens is 1. The number of aromatic nitrogens is 2. The third-order valence-electron chi connectivity index (χ3n) is 5.62. The van der Waals surface area contributed by atoms with Crippen molar-refractivity contribution in [2.45, 2.75) is 39.5 Å². The molecule has 0 fully saturated rings. The van der Waals surface area contributed by atoms with Gasteiger partial charge >= 0.3 is 0 Å². The standard InChI is InChI=1S/C27H28ClN3O3/c1-18-7-8-19(2)25(13-18)34-17-22(32)16-31-24-6-4-3-5-23(24)30-26(31)14-27(33)29-15-20-9-11-21(28)12-10-20/h3-13,22,32H,14-17H2,1-2H3,(H,29,33)/t22-/m0/s1. The van der Waals surface area contributed by atoms with Crippen LogP contribution in [0.2, 0.25) is 5.02 Å². The van der Waals surface area contributed by atoms with Crippen LogP contribution in [-0.4, -0.2) is 33.3 Å². The summed E-state index contributed by atoms with van der Waals surface area (Å²) in [6.45, 7) is 4.79. The zero-order chi connectivity index (χ0) is 24.1. The smallest absolute Gasteiger partial charge is 0.227 e. The van der Waals surface area contributed by atoms with Crippen LogP contribution in [0, 0.1) is 13.8 Å². The molecule has 0 bridgehead atoms. The average Bonchev–Trinajstić information content (AvgIpc) is 3.16. The van der Waals surface area contributed by atoms with E-state index >= 15 is 0 Å². The van der Waals surface area contributed by atoms with Gasteiger partial charge in [-0.25, -0.2) is 4.98 Å². The summed E-state index contributed by atoms with van der Waals surface area (Å²) in [5, 5.41) is 14.3. The number of hydrogen-bond donors (Lipinski definition) is 2. The van der Waals surface area contributed by atoms with Crippen LogP contribution >= 0.6 is 11.6 Å². The van der Waals surface area contributed by atoms with Crippen molar-refractivity contribution >= 4 is 28.5 Å². The third-order valence-corrected chi connectivity index (χ3v) is 5.88. The molecule has 0 aliphatic carbocycles. The minimum Gasteiger partial charge on any atom is -0.491 e. The van der Waals surface area contributed by atoms with Crippen molar-refractivity contribution in [1.29, 1.82) is 0 Å². The van der Waals surface area contributed by atoms with E-state index in [-0.39, 0.29) is 25.5 Å². The van der Waals surface area contributed by atoms with Crippen molar-refractivity contribution in [3.8, 4) is 5.75 Å². The summed E-state index contributed by atoms with van der Waals surface area (Å²) >= 11 is 5.92. The van der Waals surface area contributed by atoms with E-state index in [9.17, 15) is 9.90 Å². The topological polar surface area (TPSA) is 76.4 Å². The molecule has 176 valence electrons. The summed E-state index contributed by atoms with van der Waals surface area (Å²) in [5.41, 5.74) is 4.73. The molecular weight excluding hydrogens is 450 g/mol. The Labute approximate surface area is 204 Å². The van der Waals surface area contributed by atoms with Gasteiger partial charge in [-0.15, -0.1) is 0 Å². The van der Waals surface area contributed by atoms with E-state index in [1.165, 1.54) is 0 Å². The van der Waals surface area contributed by atoms with Crippen molar-refractivity contribution in [3.05, 3.63) is 94.3 Å². The number of rotatable bonds is 9. The Morgan fingerprint density at radius 2 is 1.88 bits per heavy atom. The minimum atomic E-state index is -0.770. The first-order valence-corrected chi connectivity index (χ1v) is 11.6. The second-order valence-corrected chi connectivity index (χ2v) is 8.88. The average molecular weight is 478 g/mol. The van der Waals surface area contributed by atoms with E-state index in [0.717, 1.165) is 33.5 Å². The second kappa shape index (κ2) is 10.7. The van der Waals surface area contributed by atoms with Gasteiger partial charge in [-0.3, -0.25) is 4.79 Å². The van der Waals surface area contributed by atoms with E-state index in [0.29, 0.717) is 17.4 Å². The molecule has 7 heteroatoms. The highest BCUT2D eigenvalue weighted by molar-refractivity contribution is 6.30. The van der Waals surface area contributed by atoms with E-state index in [4.69, 9.17) is 16.3 Å². The minimum absolute atomic E-state index is 0.104. The Hall–Kier alpha value is -3.35. The number of hydrogen-bond acceptors (Lipinski definition) is 4. The van der Waals surface area contributed by atoms with Crippen molar-refractivity contribution in [2.24, 2.45) is 0 Å². The molecular formula is C27H28ClN3O3. The molecule has 0 saturated carbocycles. The van der Waals surface area contributed by atoms with Crippen LogP contribution in [0.4, 0.5) is 0 Å². The summed E-state index contributed by atoms with van der Waals surface area (Å²) in [5.74, 6) is 1.21. The number of amides is 1. The Kier molecular flexibility index (Phi) is 7.50. The predicted molar refractivity (Wildman–Crippen MR) is 134 cm³/mol. The van der Waals surface area contributed by atoms with Gasteiger partial charge in [0.2, 0.25) is 5.91 Å². The van der Waals surface area contributed by atoms with E-state index < -0.39 is 6.10 Å². The maximum Gasteiger partial charge on any atom is 0.227 e. The Morgan fingerprint density at radius 1 is 1.12 bits per heavy atom. The second-order valence-electron chi connectivity index (χ2n) is 8.44. The van der Waals surface area contributed by atoms with Gasteiger partial charge in [-0.05, 0) is 60.9 Å². The molecule has 1 amide bonds. The van der Waals surface area contributed by atoms with Gasteiger partial charge in [-0.1, -0.05) is 48.0 Å². The van der Waals surface area contributed by atoms with Gasteiger partial charge in [0.25, 0.3) is 0 Å². The normalized spacial score (nSPS) is 12.0. The first-order valence-electron chi connectivity index (χ1n) is 11.2. The van der Waals surface area contributed by atoms with Gasteiger partial charge in [0, 0.05) is 11.6 Å². The molecule has 3 aromatic carbocycles. The molecule has 0 aliphatic rings. The fraction of sp³-hybridized carbons (Fsp3) is 0.259. The molecule has 0 saturated heterocycles. The number of benzene rings is 3. The number of para-hydroxylation sites is 2. The molecule has 4 rings (SSSR count). The molecule has 6 nitrogen and oxygen atoms in total. The van der Waals surface area contributed by atoms with Crippen LogP contribution in [-0.2, 0) is 24.3 Å². The number of carbonyl (C=O) groups is 1. The lowest BCUT2D eigenvalue weighted by Crippen LogP contribution is -2.28. The van der Waals surface area contributed by atoms with Crippen LogP contribution < -0.4 is 10.1 Å². The van der Waals surface area contributed by atoms with Gasteiger partial charge in [0.1, 0.15) is 24.3 Å². The molecule has 0 radical (unpaired) electrons. The van der Waals surface area contributed by atoms with E-state index in [1.54, 1.807) is 12.1 Å². The summed E-state index contributed by atoms with van der Waals surface area (Å²) in [7, 11) is 0. The Bertz CT molecular complexity index is 1280. The zero-order valence-corrected chi connectivity index (χ0v) is 20.0. The largest absolute Gasteiger partial charge is 0.491 e. The Morgan fingerprint density at radius 3 is 2.68 bits per heavy atom. The van der Waals surface area contributed by atoms with Crippen LogP contribution in [0.5, 0.6) is 5.75 Å². The maximum atomic E-state index is 12.7.